The van der Waals surface area contributed by atoms with Crippen LogP contribution in [-0.4, -0.2) is 25.5 Å². The van der Waals surface area contributed by atoms with Gasteiger partial charge in [-0.3, -0.25) is 9.48 Å². The van der Waals surface area contributed by atoms with Crippen LogP contribution in [-0.2, 0) is 6.54 Å². The van der Waals surface area contributed by atoms with Crippen LogP contribution >= 0.6 is 11.6 Å². The zero-order valence-corrected chi connectivity index (χ0v) is 16.1. The minimum atomic E-state index is -0.315. The van der Waals surface area contributed by atoms with Crippen LogP contribution in [0.3, 0.4) is 0 Å². The molecule has 0 aliphatic carbocycles. The van der Waals surface area contributed by atoms with E-state index in [2.05, 4.69) is 15.5 Å². The molecule has 0 unspecified atom stereocenters. The predicted octanol–water partition coefficient (Wildman–Crippen LogP) is 4.23. The van der Waals surface area contributed by atoms with Gasteiger partial charge in [0.1, 0.15) is 5.76 Å². The number of aromatic nitrogens is 4. The number of amides is 1. The van der Waals surface area contributed by atoms with Crippen molar-refractivity contribution in [2.45, 2.75) is 20.4 Å². The number of anilines is 1. The van der Waals surface area contributed by atoms with Gasteiger partial charge >= 0.3 is 0 Å². The summed E-state index contributed by atoms with van der Waals surface area (Å²) in [6, 6.07) is 12.7. The summed E-state index contributed by atoms with van der Waals surface area (Å²) >= 11 is 6.17. The molecule has 3 heterocycles. The average molecular weight is 396 g/mol. The molecule has 0 saturated heterocycles. The smallest absolute Gasteiger partial charge is 0.291 e. The molecule has 0 spiro atoms. The van der Waals surface area contributed by atoms with E-state index in [-0.39, 0.29) is 11.7 Å². The van der Waals surface area contributed by atoms with E-state index in [1.54, 1.807) is 27.7 Å². The summed E-state index contributed by atoms with van der Waals surface area (Å²) < 4.78 is 9.18. The number of hydrogen-bond acceptors (Lipinski definition) is 4. The molecule has 0 radical (unpaired) electrons. The molecule has 0 saturated carbocycles. The molecule has 0 atom stereocenters. The SMILES string of the molecule is Cc1nn(Cc2ccc(C(=O)Nc3ccc(-n4cccn4)cc3)o2)c(C)c1Cl. The van der Waals surface area contributed by atoms with E-state index in [1.807, 2.05) is 50.4 Å². The van der Waals surface area contributed by atoms with Crippen LogP contribution < -0.4 is 5.32 Å². The van der Waals surface area contributed by atoms with Crippen molar-refractivity contribution in [2.75, 3.05) is 5.32 Å². The Morgan fingerprint density at radius 1 is 1.18 bits per heavy atom. The molecule has 0 fully saturated rings. The van der Waals surface area contributed by atoms with Crippen LogP contribution in [0.15, 0.2) is 59.3 Å². The van der Waals surface area contributed by atoms with Gasteiger partial charge in [0.15, 0.2) is 5.76 Å². The molecule has 8 heteroatoms. The third-order valence-corrected chi connectivity index (χ3v) is 4.93. The van der Waals surface area contributed by atoms with Gasteiger partial charge in [0.25, 0.3) is 5.91 Å². The third-order valence-electron chi connectivity index (χ3n) is 4.38. The van der Waals surface area contributed by atoms with E-state index in [0.29, 0.717) is 23.0 Å². The molecule has 28 heavy (non-hydrogen) atoms. The highest BCUT2D eigenvalue weighted by Crippen LogP contribution is 2.21. The summed E-state index contributed by atoms with van der Waals surface area (Å²) in [5, 5.41) is 12.0. The van der Waals surface area contributed by atoms with Crippen molar-refractivity contribution in [1.82, 2.24) is 19.6 Å². The van der Waals surface area contributed by atoms with Gasteiger partial charge in [-0.25, -0.2) is 4.68 Å². The van der Waals surface area contributed by atoms with E-state index in [1.165, 1.54) is 0 Å². The zero-order valence-electron chi connectivity index (χ0n) is 15.4. The second-order valence-electron chi connectivity index (χ2n) is 6.36. The molecule has 1 aromatic carbocycles. The Labute approximate surface area is 166 Å². The second kappa shape index (κ2) is 7.36. The second-order valence-corrected chi connectivity index (χ2v) is 6.74. The highest BCUT2D eigenvalue weighted by molar-refractivity contribution is 6.31. The van der Waals surface area contributed by atoms with E-state index in [0.717, 1.165) is 17.1 Å². The minimum absolute atomic E-state index is 0.235. The Balaban J connectivity index is 1.43. The van der Waals surface area contributed by atoms with Crippen LogP contribution in [0.25, 0.3) is 5.69 Å². The van der Waals surface area contributed by atoms with Gasteiger partial charge in [0.2, 0.25) is 0 Å². The zero-order chi connectivity index (χ0) is 19.7. The largest absolute Gasteiger partial charge is 0.454 e. The van der Waals surface area contributed by atoms with Crippen molar-refractivity contribution >= 4 is 23.2 Å². The molecular formula is C20H18ClN5O2. The maximum absolute atomic E-state index is 12.5. The lowest BCUT2D eigenvalue weighted by Gasteiger charge is -2.06. The summed E-state index contributed by atoms with van der Waals surface area (Å²) in [5.74, 6) is 0.546. The fourth-order valence-corrected chi connectivity index (χ4v) is 3.01. The lowest BCUT2D eigenvalue weighted by molar-refractivity contribution is 0.0994. The minimum Gasteiger partial charge on any atom is -0.454 e. The van der Waals surface area contributed by atoms with Gasteiger partial charge in [0, 0.05) is 18.1 Å². The number of hydrogen-bond donors (Lipinski definition) is 1. The van der Waals surface area contributed by atoms with Gasteiger partial charge in [-0.05, 0) is 56.3 Å². The highest BCUT2D eigenvalue weighted by Gasteiger charge is 2.14. The first-order valence-electron chi connectivity index (χ1n) is 8.71. The fraction of sp³-hybridized carbons (Fsp3) is 0.150. The van der Waals surface area contributed by atoms with Crippen LogP contribution in [0.5, 0.6) is 0 Å². The summed E-state index contributed by atoms with van der Waals surface area (Å²) in [4.78, 5) is 12.5. The molecule has 1 amide bonds. The van der Waals surface area contributed by atoms with E-state index in [4.69, 9.17) is 16.0 Å². The van der Waals surface area contributed by atoms with Crippen LogP contribution in [0.4, 0.5) is 5.69 Å². The fourth-order valence-electron chi connectivity index (χ4n) is 2.87. The molecule has 4 rings (SSSR count). The molecule has 0 bridgehead atoms. The molecule has 7 nitrogen and oxygen atoms in total. The van der Waals surface area contributed by atoms with E-state index < -0.39 is 0 Å². The first-order chi connectivity index (χ1) is 13.5. The van der Waals surface area contributed by atoms with Crippen molar-refractivity contribution in [3.8, 4) is 5.69 Å². The Bertz CT molecular complexity index is 1110. The van der Waals surface area contributed by atoms with Gasteiger partial charge in [0.05, 0.1) is 28.6 Å². The van der Waals surface area contributed by atoms with Crippen LogP contribution in [0.1, 0.15) is 27.7 Å². The van der Waals surface area contributed by atoms with Gasteiger partial charge in [-0.15, -0.1) is 0 Å². The Hall–Kier alpha value is -3.32. The topological polar surface area (TPSA) is 77.9 Å². The van der Waals surface area contributed by atoms with Crippen LogP contribution in [0.2, 0.25) is 5.02 Å². The number of carbonyl (C=O) groups is 1. The standard InChI is InChI=1S/C20H18ClN5O2/c1-13-19(21)14(2)26(24-13)12-17-8-9-18(28-17)20(27)23-15-4-6-16(7-5-15)25-11-3-10-22-25/h3-11H,12H2,1-2H3,(H,23,27). The first-order valence-corrected chi connectivity index (χ1v) is 9.09. The number of nitrogens with one attached hydrogen (secondary N) is 1. The number of halogens is 1. The molecule has 0 aliphatic rings. The van der Waals surface area contributed by atoms with Crippen molar-refractivity contribution < 1.29 is 9.21 Å². The van der Waals surface area contributed by atoms with Gasteiger partial charge in [-0.2, -0.15) is 10.2 Å². The number of rotatable bonds is 5. The van der Waals surface area contributed by atoms with Gasteiger partial charge < -0.3 is 9.73 Å². The number of carbonyl (C=O) groups excluding carboxylic acids is 1. The molecular weight excluding hydrogens is 378 g/mol. The summed E-state index contributed by atoms with van der Waals surface area (Å²) in [6.07, 6.45) is 3.57. The molecule has 1 N–H and O–H groups in total. The maximum Gasteiger partial charge on any atom is 0.291 e. The molecule has 3 aromatic heterocycles. The summed E-state index contributed by atoms with van der Waals surface area (Å²) in [5.41, 5.74) is 3.21. The number of nitrogens with zero attached hydrogens (tertiary/aromatic N) is 4. The summed E-state index contributed by atoms with van der Waals surface area (Å²) in [7, 11) is 0. The highest BCUT2D eigenvalue weighted by atomic mass is 35.5. The maximum atomic E-state index is 12.5. The Morgan fingerprint density at radius 3 is 2.61 bits per heavy atom. The first kappa shape index (κ1) is 18.1. The average Bonchev–Trinajstić information content (AvgIpc) is 3.42. The number of aryl methyl sites for hydroxylation is 1. The quantitative estimate of drug-likeness (QED) is 0.548. The van der Waals surface area contributed by atoms with Crippen molar-refractivity contribution in [2.24, 2.45) is 0 Å². The van der Waals surface area contributed by atoms with Crippen molar-refractivity contribution in [3.63, 3.8) is 0 Å². The Kier molecular flexibility index (Phi) is 4.75. The van der Waals surface area contributed by atoms with E-state index in [9.17, 15) is 4.79 Å². The van der Waals surface area contributed by atoms with Crippen molar-refractivity contribution in [3.05, 3.63) is 82.8 Å². The van der Waals surface area contributed by atoms with Gasteiger partial charge in [-0.1, -0.05) is 11.6 Å². The number of furan rings is 1. The van der Waals surface area contributed by atoms with Crippen molar-refractivity contribution in [1.29, 1.82) is 0 Å². The summed E-state index contributed by atoms with van der Waals surface area (Å²) in [6.45, 7) is 4.15. The number of benzene rings is 1. The van der Waals surface area contributed by atoms with Crippen LogP contribution in [0, 0.1) is 13.8 Å². The third kappa shape index (κ3) is 3.57. The Morgan fingerprint density at radius 2 is 1.96 bits per heavy atom. The van der Waals surface area contributed by atoms with E-state index >= 15 is 0 Å². The molecule has 0 aliphatic heterocycles. The monoisotopic (exact) mass is 395 g/mol. The predicted molar refractivity (Wildman–Crippen MR) is 106 cm³/mol. The lowest BCUT2D eigenvalue weighted by atomic mass is 10.2. The lowest BCUT2D eigenvalue weighted by Crippen LogP contribution is -2.11. The molecule has 4 aromatic rings. The normalized spacial score (nSPS) is 11.0. The molecule has 142 valence electrons.